The van der Waals surface area contributed by atoms with Crippen LogP contribution in [0.1, 0.15) is 61.8 Å². The number of benzene rings is 1. The fourth-order valence-electron chi connectivity index (χ4n) is 3.51. The van der Waals surface area contributed by atoms with E-state index in [0.29, 0.717) is 12.3 Å². The van der Waals surface area contributed by atoms with Crippen LogP contribution in [0.25, 0.3) is 0 Å². The molecule has 0 spiro atoms. The van der Waals surface area contributed by atoms with Crippen molar-refractivity contribution in [2.45, 2.75) is 57.9 Å². The molecule has 1 aromatic carbocycles. The van der Waals surface area contributed by atoms with Crippen LogP contribution < -0.4 is 5.32 Å². The van der Waals surface area contributed by atoms with Crippen molar-refractivity contribution < 1.29 is 4.79 Å². The minimum atomic E-state index is 0.107. The first kappa shape index (κ1) is 14.4. The highest BCUT2D eigenvalue weighted by atomic mass is 16.1. The molecule has 21 heavy (non-hydrogen) atoms. The number of rotatable bonds is 4. The van der Waals surface area contributed by atoms with Gasteiger partial charge in [0.25, 0.3) is 0 Å². The molecular weight excluding hydrogens is 258 g/mol. The van der Waals surface area contributed by atoms with Crippen molar-refractivity contribution >= 4 is 5.91 Å². The molecule has 2 nitrogen and oxygen atoms in total. The van der Waals surface area contributed by atoms with Gasteiger partial charge in [0.15, 0.2) is 0 Å². The molecule has 0 fully saturated rings. The molecule has 0 heterocycles. The van der Waals surface area contributed by atoms with E-state index in [0.717, 1.165) is 12.8 Å². The first-order chi connectivity index (χ1) is 10.2. The van der Waals surface area contributed by atoms with E-state index in [-0.39, 0.29) is 11.9 Å². The van der Waals surface area contributed by atoms with Gasteiger partial charge in [-0.15, -0.1) is 0 Å². The molecule has 1 N–H and O–H groups in total. The van der Waals surface area contributed by atoms with E-state index in [1.165, 1.54) is 42.4 Å². The highest BCUT2D eigenvalue weighted by molar-refractivity contribution is 5.77. The largest absolute Gasteiger partial charge is 0.350 e. The maximum Gasteiger partial charge on any atom is 0.221 e. The Bertz CT molecular complexity index is 546. The Labute approximate surface area is 127 Å². The van der Waals surface area contributed by atoms with Crippen LogP contribution in [0, 0.1) is 5.92 Å². The number of carbonyl (C=O) groups is 1. The lowest BCUT2D eigenvalue weighted by Gasteiger charge is -2.20. The van der Waals surface area contributed by atoms with Gasteiger partial charge in [-0.3, -0.25) is 4.79 Å². The molecule has 0 saturated heterocycles. The number of allylic oxidation sites excluding steroid dienone is 2. The van der Waals surface area contributed by atoms with Gasteiger partial charge >= 0.3 is 0 Å². The Morgan fingerprint density at radius 2 is 2.10 bits per heavy atom. The van der Waals surface area contributed by atoms with E-state index >= 15 is 0 Å². The molecule has 0 aromatic heterocycles. The van der Waals surface area contributed by atoms with Gasteiger partial charge in [0.2, 0.25) is 5.91 Å². The molecule has 2 atom stereocenters. The van der Waals surface area contributed by atoms with Gasteiger partial charge in [-0.1, -0.05) is 30.4 Å². The maximum absolute atomic E-state index is 12.1. The monoisotopic (exact) mass is 283 g/mol. The zero-order chi connectivity index (χ0) is 14.7. The predicted octanol–water partition coefficient (Wildman–Crippen LogP) is 4.10. The summed E-state index contributed by atoms with van der Waals surface area (Å²) in [6.45, 7) is 2.09. The highest BCUT2D eigenvalue weighted by Crippen LogP contribution is 2.25. The molecule has 0 bridgehead atoms. The normalized spacial score (nSPS) is 21.9. The van der Waals surface area contributed by atoms with Crippen molar-refractivity contribution in [2.24, 2.45) is 5.92 Å². The number of amides is 1. The van der Waals surface area contributed by atoms with Crippen LogP contribution in [-0.4, -0.2) is 5.91 Å². The molecule has 112 valence electrons. The van der Waals surface area contributed by atoms with Crippen LogP contribution in [0.4, 0.5) is 0 Å². The molecule has 0 aliphatic heterocycles. The lowest BCUT2D eigenvalue weighted by Crippen LogP contribution is -2.28. The quantitative estimate of drug-likeness (QED) is 0.828. The Hall–Kier alpha value is -1.57. The van der Waals surface area contributed by atoms with E-state index in [4.69, 9.17) is 0 Å². The second kappa shape index (κ2) is 6.46. The number of nitrogens with one attached hydrogen (secondary N) is 1. The smallest absolute Gasteiger partial charge is 0.221 e. The Morgan fingerprint density at radius 3 is 2.86 bits per heavy atom. The van der Waals surface area contributed by atoms with Gasteiger partial charge in [0.1, 0.15) is 0 Å². The number of carbonyl (C=O) groups excluding carboxylic acids is 1. The van der Waals surface area contributed by atoms with Crippen LogP contribution in [0.5, 0.6) is 0 Å². The summed E-state index contributed by atoms with van der Waals surface area (Å²) in [6, 6.07) is 6.85. The minimum absolute atomic E-state index is 0.107. The zero-order valence-electron chi connectivity index (χ0n) is 12.9. The standard InChI is InChI=1S/C19H25NO/c1-14(20-19(21)12-15-6-2-3-7-15)17-11-10-16-8-4-5-9-18(16)13-17/h2,6,10-11,13-15H,3-5,7-9,12H2,1H3,(H,20,21)/t14-,15+/m1/s1. The lowest BCUT2D eigenvalue weighted by atomic mass is 9.89. The average Bonchev–Trinajstić information content (AvgIpc) is 2.99. The van der Waals surface area contributed by atoms with E-state index in [1.54, 1.807) is 0 Å². The molecule has 2 heteroatoms. The zero-order valence-corrected chi connectivity index (χ0v) is 12.9. The Kier molecular flexibility index (Phi) is 4.42. The summed E-state index contributed by atoms with van der Waals surface area (Å²) in [5.74, 6) is 0.623. The van der Waals surface area contributed by atoms with Crippen LogP contribution >= 0.6 is 0 Å². The third-order valence-electron chi connectivity index (χ3n) is 4.81. The van der Waals surface area contributed by atoms with Gasteiger partial charge in [0.05, 0.1) is 6.04 Å². The molecule has 0 unspecified atom stereocenters. The molecule has 0 radical (unpaired) electrons. The van der Waals surface area contributed by atoms with Crippen molar-refractivity contribution in [3.63, 3.8) is 0 Å². The van der Waals surface area contributed by atoms with Crippen LogP contribution in [0.3, 0.4) is 0 Å². The summed E-state index contributed by atoms with van der Waals surface area (Å²) in [7, 11) is 0. The van der Waals surface area contributed by atoms with Crippen LogP contribution in [0.2, 0.25) is 0 Å². The van der Waals surface area contributed by atoms with Gasteiger partial charge in [-0.2, -0.15) is 0 Å². The minimum Gasteiger partial charge on any atom is -0.350 e. The lowest BCUT2D eigenvalue weighted by molar-refractivity contribution is -0.122. The molecular formula is C19H25NO. The Morgan fingerprint density at radius 1 is 1.29 bits per heavy atom. The van der Waals surface area contributed by atoms with Crippen molar-refractivity contribution in [1.82, 2.24) is 5.32 Å². The topological polar surface area (TPSA) is 29.1 Å². The van der Waals surface area contributed by atoms with Gasteiger partial charge in [0, 0.05) is 6.42 Å². The fraction of sp³-hybridized carbons (Fsp3) is 0.526. The third-order valence-corrected chi connectivity index (χ3v) is 4.81. The highest BCUT2D eigenvalue weighted by Gasteiger charge is 2.17. The van der Waals surface area contributed by atoms with Crippen molar-refractivity contribution in [2.75, 3.05) is 0 Å². The number of aryl methyl sites for hydroxylation is 2. The van der Waals surface area contributed by atoms with E-state index < -0.39 is 0 Å². The van der Waals surface area contributed by atoms with Gasteiger partial charge in [-0.25, -0.2) is 0 Å². The second-order valence-electron chi connectivity index (χ2n) is 6.49. The molecule has 3 rings (SSSR count). The molecule has 2 aliphatic rings. The summed E-state index contributed by atoms with van der Waals surface area (Å²) in [5.41, 5.74) is 4.23. The maximum atomic E-state index is 12.1. The number of fused-ring (bicyclic) bond motifs is 1. The van der Waals surface area contributed by atoms with Crippen molar-refractivity contribution in [3.8, 4) is 0 Å². The van der Waals surface area contributed by atoms with Crippen molar-refractivity contribution in [1.29, 1.82) is 0 Å². The van der Waals surface area contributed by atoms with E-state index in [9.17, 15) is 4.79 Å². The summed E-state index contributed by atoms with van der Waals surface area (Å²) >= 11 is 0. The van der Waals surface area contributed by atoms with Crippen LogP contribution in [0.15, 0.2) is 30.4 Å². The average molecular weight is 283 g/mol. The number of hydrogen-bond acceptors (Lipinski definition) is 1. The van der Waals surface area contributed by atoms with Crippen LogP contribution in [-0.2, 0) is 17.6 Å². The first-order valence-corrected chi connectivity index (χ1v) is 8.30. The molecule has 1 amide bonds. The van der Waals surface area contributed by atoms with Gasteiger partial charge < -0.3 is 5.32 Å². The first-order valence-electron chi connectivity index (χ1n) is 8.30. The molecule has 0 saturated carbocycles. The summed E-state index contributed by atoms with van der Waals surface area (Å²) in [5, 5.41) is 3.16. The summed E-state index contributed by atoms with van der Waals surface area (Å²) in [4.78, 5) is 12.1. The molecule has 2 aliphatic carbocycles. The predicted molar refractivity (Wildman–Crippen MR) is 86.1 cm³/mol. The van der Waals surface area contributed by atoms with E-state index in [2.05, 4.69) is 42.6 Å². The summed E-state index contributed by atoms with van der Waals surface area (Å²) in [6.07, 6.45) is 12.3. The fourth-order valence-corrected chi connectivity index (χ4v) is 3.51. The third kappa shape index (κ3) is 3.55. The Balaban J connectivity index is 1.60. The number of hydrogen-bond donors (Lipinski definition) is 1. The molecule has 1 aromatic rings. The van der Waals surface area contributed by atoms with Crippen molar-refractivity contribution in [3.05, 3.63) is 47.0 Å². The second-order valence-corrected chi connectivity index (χ2v) is 6.49. The summed E-state index contributed by atoms with van der Waals surface area (Å²) < 4.78 is 0. The van der Waals surface area contributed by atoms with Gasteiger partial charge in [-0.05, 0) is 68.1 Å². The SMILES string of the molecule is C[C@@H](NC(=O)C[C@H]1C=CCC1)c1ccc2c(c1)CCCC2. The van der Waals surface area contributed by atoms with E-state index in [1.807, 2.05) is 0 Å².